The van der Waals surface area contributed by atoms with Crippen molar-refractivity contribution in [1.29, 1.82) is 0 Å². The van der Waals surface area contributed by atoms with Crippen LogP contribution in [0.4, 0.5) is 0 Å². The summed E-state index contributed by atoms with van der Waals surface area (Å²) in [6.07, 6.45) is 2.08. The first kappa shape index (κ1) is 18.4. The van der Waals surface area contributed by atoms with E-state index in [2.05, 4.69) is 48.5 Å². The van der Waals surface area contributed by atoms with Gasteiger partial charge in [-0.2, -0.15) is 4.99 Å². The number of hydrogen-bond donors (Lipinski definition) is 0. The third-order valence-corrected chi connectivity index (χ3v) is 5.24. The van der Waals surface area contributed by atoms with E-state index < -0.39 is 0 Å². The summed E-state index contributed by atoms with van der Waals surface area (Å²) in [7, 11) is 0. The summed E-state index contributed by atoms with van der Waals surface area (Å²) in [6.45, 7) is 7.70. The van der Waals surface area contributed by atoms with Crippen molar-refractivity contribution in [3.05, 3.63) is 58.4 Å². The van der Waals surface area contributed by atoms with Gasteiger partial charge in [0.05, 0.1) is 16.8 Å². The van der Waals surface area contributed by atoms with E-state index in [4.69, 9.17) is 4.74 Å². The standard InChI is InChI=1S/C21H24N2O2S/c1-4-6-12-25-17-9-7-8-16(14-17)20(24)22-21-23(5-2)18-11-10-15(3)13-19(18)26-21/h7-11,13-14H,4-6,12H2,1-3H3. The molecule has 136 valence electrons. The molecule has 0 fully saturated rings. The van der Waals surface area contributed by atoms with E-state index in [0.29, 0.717) is 12.2 Å². The molecule has 0 bridgehead atoms. The normalized spacial score (nSPS) is 11.9. The first-order valence-corrected chi connectivity index (χ1v) is 9.86. The van der Waals surface area contributed by atoms with Gasteiger partial charge in [0.25, 0.3) is 5.91 Å². The fourth-order valence-electron chi connectivity index (χ4n) is 2.78. The predicted octanol–water partition coefficient (Wildman–Crippen LogP) is 4.95. The average molecular weight is 369 g/mol. The molecule has 0 unspecified atom stereocenters. The summed E-state index contributed by atoms with van der Waals surface area (Å²) < 4.78 is 8.93. The zero-order valence-corrected chi connectivity index (χ0v) is 16.3. The van der Waals surface area contributed by atoms with Crippen LogP contribution in [0.5, 0.6) is 5.75 Å². The van der Waals surface area contributed by atoms with Gasteiger partial charge in [-0.1, -0.05) is 36.8 Å². The van der Waals surface area contributed by atoms with Crippen molar-refractivity contribution >= 4 is 27.5 Å². The van der Waals surface area contributed by atoms with Gasteiger partial charge >= 0.3 is 0 Å². The van der Waals surface area contributed by atoms with E-state index in [-0.39, 0.29) is 5.91 Å². The van der Waals surface area contributed by atoms with Crippen LogP contribution in [-0.4, -0.2) is 17.1 Å². The number of unbranched alkanes of at least 4 members (excludes halogenated alkanes) is 1. The van der Waals surface area contributed by atoms with Gasteiger partial charge in [-0.05, 0) is 56.2 Å². The Morgan fingerprint density at radius 3 is 2.81 bits per heavy atom. The molecule has 0 spiro atoms. The molecule has 4 nitrogen and oxygen atoms in total. The number of carbonyl (C=O) groups is 1. The van der Waals surface area contributed by atoms with Crippen LogP contribution < -0.4 is 9.54 Å². The van der Waals surface area contributed by atoms with Crippen LogP contribution in [0, 0.1) is 6.92 Å². The van der Waals surface area contributed by atoms with E-state index in [9.17, 15) is 4.79 Å². The molecule has 1 heterocycles. The van der Waals surface area contributed by atoms with Crippen molar-refractivity contribution in [2.75, 3.05) is 6.61 Å². The fourth-order valence-corrected chi connectivity index (χ4v) is 3.97. The summed E-state index contributed by atoms with van der Waals surface area (Å²) in [5.74, 6) is 0.478. The van der Waals surface area contributed by atoms with Gasteiger partial charge in [0.1, 0.15) is 5.75 Å². The van der Waals surface area contributed by atoms with Crippen LogP contribution in [0.1, 0.15) is 42.6 Å². The first-order valence-electron chi connectivity index (χ1n) is 9.04. The molecule has 0 aliphatic heterocycles. The minimum absolute atomic E-state index is 0.239. The van der Waals surface area contributed by atoms with Crippen LogP contribution in [0.25, 0.3) is 10.2 Å². The summed E-state index contributed by atoms with van der Waals surface area (Å²) in [4.78, 5) is 17.8. The molecule has 3 rings (SSSR count). The maximum atomic E-state index is 12.7. The minimum atomic E-state index is -0.239. The largest absolute Gasteiger partial charge is 0.494 e. The molecule has 0 aliphatic carbocycles. The summed E-state index contributed by atoms with van der Waals surface area (Å²) >= 11 is 1.55. The molecule has 0 N–H and O–H groups in total. The maximum absolute atomic E-state index is 12.7. The van der Waals surface area contributed by atoms with E-state index in [1.807, 2.05) is 12.1 Å². The lowest BCUT2D eigenvalue weighted by Gasteiger charge is -2.06. The Morgan fingerprint density at radius 2 is 2.04 bits per heavy atom. The Bertz CT molecular complexity index is 985. The molecule has 0 radical (unpaired) electrons. The maximum Gasteiger partial charge on any atom is 0.279 e. The number of carbonyl (C=O) groups excluding carboxylic acids is 1. The number of aromatic nitrogens is 1. The van der Waals surface area contributed by atoms with Crippen LogP contribution in [-0.2, 0) is 6.54 Å². The molecular weight excluding hydrogens is 344 g/mol. The van der Waals surface area contributed by atoms with E-state index in [0.717, 1.165) is 40.2 Å². The zero-order chi connectivity index (χ0) is 18.5. The van der Waals surface area contributed by atoms with Crippen LogP contribution >= 0.6 is 11.3 Å². The number of rotatable bonds is 6. The SMILES string of the molecule is CCCCOc1cccc(C(=O)N=c2sc3cc(C)ccc3n2CC)c1. The second-order valence-corrected chi connectivity index (χ2v) is 7.26. The second-order valence-electron chi connectivity index (χ2n) is 6.25. The Kier molecular flexibility index (Phi) is 5.89. The summed E-state index contributed by atoms with van der Waals surface area (Å²) in [5, 5.41) is 0. The van der Waals surface area contributed by atoms with E-state index >= 15 is 0 Å². The first-order chi connectivity index (χ1) is 12.6. The monoisotopic (exact) mass is 368 g/mol. The van der Waals surface area contributed by atoms with Gasteiger partial charge in [-0.3, -0.25) is 4.79 Å². The number of thiazole rings is 1. The number of fused-ring (bicyclic) bond motifs is 1. The quantitative estimate of drug-likeness (QED) is 0.578. The van der Waals surface area contributed by atoms with E-state index in [1.165, 1.54) is 5.56 Å². The molecule has 0 atom stereocenters. The lowest BCUT2D eigenvalue weighted by atomic mass is 10.2. The van der Waals surface area contributed by atoms with Crippen molar-refractivity contribution in [2.45, 2.75) is 40.2 Å². The number of nitrogens with zero attached hydrogens (tertiary/aromatic N) is 2. The van der Waals surface area contributed by atoms with Crippen LogP contribution in [0.2, 0.25) is 0 Å². The Morgan fingerprint density at radius 1 is 1.19 bits per heavy atom. The van der Waals surface area contributed by atoms with Gasteiger partial charge in [0.15, 0.2) is 4.80 Å². The number of aryl methyl sites for hydroxylation is 2. The lowest BCUT2D eigenvalue weighted by Crippen LogP contribution is -2.15. The van der Waals surface area contributed by atoms with Crippen LogP contribution in [0.3, 0.4) is 0 Å². The average Bonchev–Trinajstić information content (AvgIpc) is 2.98. The van der Waals surface area contributed by atoms with E-state index in [1.54, 1.807) is 23.5 Å². The molecule has 1 aromatic heterocycles. The number of hydrogen-bond acceptors (Lipinski definition) is 3. The van der Waals surface area contributed by atoms with Crippen molar-refractivity contribution in [1.82, 2.24) is 4.57 Å². The van der Waals surface area contributed by atoms with Crippen molar-refractivity contribution in [3.63, 3.8) is 0 Å². The van der Waals surface area contributed by atoms with Crippen molar-refractivity contribution in [2.24, 2.45) is 4.99 Å². The lowest BCUT2D eigenvalue weighted by molar-refractivity contribution is 0.0997. The predicted molar refractivity (Wildman–Crippen MR) is 107 cm³/mol. The third kappa shape index (κ3) is 4.05. The molecule has 26 heavy (non-hydrogen) atoms. The van der Waals surface area contributed by atoms with Crippen molar-refractivity contribution in [3.8, 4) is 5.75 Å². The topological polar surface area (TPSA) is 43.6 Å². The Hall–Kier alpha value is -2.40. The molecule has 5 heteroatoms. The molecule has 0 saturated heterocycles. The molecular formula is C21H24N2O2S. The third-order valence-electron chi connectivity index (χ3n) is 4.20. The smallest absolute Gasteiger partial charge is 0.279 e. The highest BCUT2D eigenvalue weighted by atomic mass is 32.1. The van der Waals surface area contributed by atoms with Crippen LogP contribution in [0.15, 0.2) is 47.5 Å². The number of benzene rings is 2. The zero-order valence-electron chi connectivity index (χ0n) is 15.5. The summed E-state index contributed by atoms with van der Waals surface area (Å²) in [6, 6.07) is 13.6. The Balaban J connectivity index is 1.93. The van der Waals surface area contributed by atoms with Gasteiger partial charge in [-0.25, -0.2) is 0 Å². The van der Waals surface area contributed by atoms with Gasteiger partial charge < -0.3 is 9.30 Å². The molecule has 2 aromatic carbocycles. The Labute approximate surface area is 157 Å². The summed E-state index contributed by atoms with van der Waals surface area (Å²) in [5.41, 5.74) is 2.87. The van der Waals surface area contributed by atoms with Gasteiger partial charge in [0.2, 0.25) is 0 Å². The highest BCUT2D eigenvalue weighted by molar-refractivity contribution is 7.16. The minimum Gasteiger partial charge on any atom is -0.494 e. The van der Waals surface area contributed by atoms with Gasteiger partial charge in [-0.15, -0.1) is 0 Å². The van der Waals surface area contributed by atoms with Crippen molar-refractivity contribution < 1.29 is 9.53 Å². The number of ether oxygens (including phenoxy) is 1. The fraction of sp³-hybridized carbons (Fsp3) is 0.333. The molecule has 0 aliphatic rings. The second kappa shape index (κ2) is 8.32. The molecule has 1 amide bonds. The van der Waals surface area contributed by atoms with Gasteiger partial charge in [0, 0.05) is 12.1 Å². The highest BCUT2D eigenvalue weighted by Gasteiger charge is 2.09. The number of amides is 1. The highest BCUT2D eigenvalue weighted by Crippen LogP contribution is 2.19. The molecule has 0 saturated carbocycles. The molecule has 3 aromatic rings.